The number of carbonyl (C=O) groups is 2. The number of rotatable bonds is 13. The lowest BCUT2D eigenvalue weighted by Gasteiger charge is -2.29. The molecule has 34 heavy (non-hydrogen) atoms. The molecule has 1 heterocycles. The van der Waals surface area contributed by atoms with Crippen molar-refractivity contribution in [3.8, 4) is 16.9 Å². The number of ether oxygens (including phenoxy) is 1. The number of benzene rings is 2. The second-order valence-corrected chi connectivity index (χ2v) is 8.25. The molecule has 0 fully saturated rings. The molecule has 3 aromatic rings. The van der Waals surface area contributed by atoms with Crippen molar-refractivity contribution in [1.82, 2.24) is 15.1 Å². The molecule has 180 valence electrons. The fourth-order valence-corrected chi connectivity index (χ4v) is 3.55. The van der Waals surface area contributed by atoms with E-state index in [1.54, 1.807) is 29.4 Å². The molecular formula is C27H33N3O4. The number of nitrogens with zero attached hydrogens (tertiary/aromatic N) is 2. The molecule has 2 N–H and O–H groups in total. The Hall–Kier alpha value is -3.61. The minimum atomic E-state index is -0.936. The molecule has 3 rings (SSSR count). The van der Waals surface area contributed by atoms with Gasteiger partial charge < -0.3 is 14.7 Å². The third kappa shape index (κ3) is 6.94. The van der Waals surface area contributed by atoms with E-state index in [9.17, 15) is 9.59 Å². The quantitative estimate of drug-likeness (QED) is 0.324. The van der Waals surface area contributed by atoms with Gasteiger partial charge in [0.05, 0.1) is 14.2 Å². The molecule has 7 heteroatoms. The van der Waals surface area contributed by atoms with Crippen LogP contribution in [-0.2, 0) is 11.3 Å². The summed E-state index contributed by atoms with van der Waals surface area (Å²) in [6.45, 7) is 3.44. The highest BCUT2D eigenvalue weighted by atomic mass is 16.5. The Kier molecular flexibility index (Phi) is 8.71. The van der Waals surface area contributed by atoms with Crippen LogP contribution in [0.1, 0.15) is 63.2 Å². The first-order valence-corrected chi connectivity index (χ1v) is 11.7. The summed E-state index contributed by atoms with van der Waals surface area (Å²) in [4.78, 5) is 25.8. The number of carbonyl (C=O) groups excluding carboxylic acids is 1. The Bertz CT molecular complexity index is 1090. The molecule has 1 aromatic heterocycles. The van der Waals surface area contributed by atoms with Crippen LogP contribution in [-0.4, -0.2) is 44.7 Å². The van der Waals surface area contributed by atoms with E-state index >= 15 is 0 Å². The van der Waals surface area contributed by atoms with Crippen molar-refractivity contribution in [3.63, 3.8) is 0 Å². The maximum atomic E-state index is 13.6. The van der Waals surface area contributed by atoms with Gasteiger partial charge in [-0.15, -0.1) is 0 Å². The number of hydrogen-bond donors (Lipinski definition) is 2. The number of carboxylic acids is 1. The zero-order chi connectivity index (χ0) is 25.2. The summed E-state index contributed by atoms with van der Waals surface area (Å²) in [6, 6.07) is 14.5. The van der Waals surface area contributed by atoms with Crippen LogP contribution in [0.5, 0.6) is 5.75 Å². The van der Waals surface area contributed by atoms with Gasteiger partial charge in [-0.3, -0.25) is 14.7 Å². The smallest absolute Gasteiger partial charge is 0.303 e. The van der Waals surface area contributed by atoms with Crippen molar-refractivity contribution in [2.75, 3.05) is 6.61 Å². The predicted molar refractivity (Wildman–Crippen MR) is 132 cm³/mol. The van der Waals surface area contributed by atoms with E-state index in [2.05, 4.69) is 10.2 Å². The third-order valence-corrected chi connectivity index (χ3v) is 5.75. The number of aromatic amines is 1. The maximum absolute atomic E-state index is 13.6. The molecule has 0 saturated carbocycles. The van der Waals surface area contributed by atoms with Crippen LogP contribution in [0.3, 0.4) is 0 Å². The summed E-state index contributed by atoms with van der Waals surface area (Å²) in [6.07, 6.45) is 6.47. The number of H-pyrrole nitrogens is 1. The van der Waals surface area contributed by atoms with Gasteiger partial charge in [0.15, 0.2) is 0 Å². The van der Waals surface area contributed by atoms with Crippen LogP contribution in [0.25, 0.3) is 11.1 Å². The first-order chi connectivity index (χ1) is 16.9. The lowest BCUT2D eigenvalue weighted by atomic mass is 10.0. The lowest BCUT2D eigenvalue weighted by Crippen LogP contribution is -2.37. The van der Waals surface area contributed by atoms with E-state index in [1.165, 1.54) is 0 Å². The number of aromatic nitrogens is 2. The Morgan fingerprint density at radius 2 is 1.88 bits per heavy atom. The molecular weight excluding hydrogens is 430 g/mol. The van der Waals surface area contributed by atoms with Gasteiger partial charge in [0.25, 0.3) is 5.91 Å². The number of hydrogen-bond acceptors (Lipinski definition) is 4. The van der Waals surface area contributed by atoms with Crippen LogP contribution in [0.4, 0.5) is 0 Å². The number of nitrogens with one attached hydrogen (secondary N) is 1. The van der Waals surface area contributed by atoms with Crippen molar-refractivity contribution in [1.29, 1.82) is 0 Å². The summed E-state index contributed by atoms with van der Waals surface area (Å²) in [5, 5.41) is 15.5. The van der Waals surface area contributed by atoms with Gasteiger partial charge in [0, 0.05) is 41.9 Å². The first-order valence-electron chi connectivity index (χ1n) is 12.3. The Labute approximate surface area is 202 Å². The van der Waals surface area contributed by atoms with Crippen LogP contribution in [0.15, 0.2) is 60.9 Å². The minimum absolute atomic E-state index is 0.150. The second-order valence-electron chi connectivity index (χ2n) is 8.25. The molecule has 1 amide bonds. The first kappa shape index (κ1) is 23.5. The molecule has 2 atom stereocenters. The van der Waals surface area contributed by atoms with Gasteiger partial charge in [-0.25, -0.2) is 0 Å². The molecule has 0 spiro atoms. The average molecular weight is 465 g/mol. The van der Waals surface area contributed by atoms with E-state index in [-0.39, 0.29) is 18.4 Å². The fraction of sp³-hybridized carbons (Fsp3) is 0.370. The van der Waals surface area contributed by atoms with Gasteiger partial charge >= 0.3 is 5.97 Å². The normalized spacial score (nSPS) is 13.1. The molecule has 2 aromatic carbocycles. The van der Waals surface area contributed by atoms with Crippen molar-refractivity contribution < 1.29 is 20.8 Å². The SMILES string of the molecule is [2H]C(c1ccccc1OCCCCCC(=O)O)N(C(=O)c1ccc(-c2cn[nH]c2)cc1)C(C)CC. The predicted octanol–water partition coefficient (Wildman–Crippen LogP) is 5.54. The van der Waals surface area contributed by atoms with E-state index < -0.39 is 12.5 Å². The number of aliphatic carboxylic acids is 1. The summed E-state index contributed by atoms with van der Waals surface area (Å²) in [5.41, 5.74) is 3.04. The topological polar surface area (TPSA) is 95.5 Å². The van der Waals surface area contributed by atoms with Gasteiger partial charge in [-0.05, 0) is 56.4 Å². The zero-order valence-corrected chi connectivity index (χ0v) is 19.7. The van der Waals surface area contributed by atoms with Crippen molar-refractivity contribution in [2.24, 2.45) is 0 Å². The van der Waals surface area contributed by atoms with Crippen LogP contribution >= 0.6 is 0 Å². The van der Waals surface area contributed by atoms with Crippen LogP contribution in [0, 0.1) is 0 Å². The van der Waals surface area contributed by atoms with Gasteiger partial charge in [0.2, 0.25) is 0 Å². The number of unbranched alkanes of at least 4 members (excludes halogenated alkanes) is 2. The summed E-state index contributed by atoms with van der Waals surface area (Å²) in [5.74, 6) is -0.428. The lowest BCUT2D eigenvalue weighted by molar-refractivity contribution is -0.137. The number of para-hydroxylation sites is 1. The van der Waals surface area contributed by atoms with Gasteiger partial charge in [-0.1, -0.05) is 37.3 Å². The highest BCUT2D eigenvalue weighted by molar-refractivity contribution is 5.95. The van der Waals surface area contributed by atoms with Crippen molar-refractivity contribution >= 4 is 11.9 Å². The maximum Gasteiger partial charge on any atom is 0.303 e. The Morgan fingerprint density at radius 1 is 1.12 bits per heavy atom. The van der Waals surface area contributed by atoms with Crippen molar-refractivity contribution in [2.45, 2.75) is 58.5 Å². The number of amides is 1. The third-order valence-electron chi connectivity index (χ3n) is 5.75. The standard InChI is InChI=1S/C27H33N3O4/c1-3-20(2)30(27(33)22-14-12-21(13-15-22)24-17-28-29-18-24)19-23-9-6-7-10-25(23)34-16-8-4-5-11-26(31)32/h6-7,9-10,12-15,17-18,20H,3-5,8,11,16,19H2,1-2H3,(H,28,29)(H,31,32)/i19D. The van der Waals surface area contributed by atoms with Gasteiger partial charge in [-0.2, -0.15) is 5.10 Å². The monoisotopic (exact) mass is 464 g/mol. The van der Waals surface area contributed by atoms with Crippen LogP contribution < -0.4 is 4.74 Å². The largest absolute Gasteiger partial charge is 0.493 e. The Balaban J connectivity index is 1.74. The summed E-state index contributed by atoms with van der Waals surface area (Å²) in [7, 11) is 0. The average Bonchev–Trinajstić information content (AvgIpc) is 3.41. The van der Waals surface area contributed by atoms with E-state index in [1.807, 2.05) is 50.2 Å². The van der Waals surface area contributed by atoms with E-state index in [4.69, 9.17) is 11.2 Å². The minimum Gasteiger partial charge on any atom is -0.493 e. The fourth-order valence-electron chi connectivity index (χ4n) is 3.55. The molecule has 0 bridgehead atoms. The van der Waals surface area contributed by atoms with Crippen LogP contribution in [0.2, 0.25) is 0 Å². The molecule has 0 aliphatic rings. The Morgan fingerprint density at radius 3 is 2.56 bits per heavy atom. The zero-order valence-electron chi connectivity index (χ0n) is 20.7. The molecule has 7 nitrogen and oxygen atoms in total. The van der Waals surface area contributed by atoms with Gasteiger partial charge in [0.1, 0.15) is 5.75 Å². The number of carboxylic acid groups (broad SMARTS) is 1. The molecule has 2 unspecified atom stereocenters. The molecule has 0 aliphatic carbocycles. The highest BCUT2D eigenvalue weighted by Gasteiger charge is 2.22. The van der Waals surface area contributed by atoms with E-state index in [0.717, 1.165) is 24.0 Å². The highest BCUT2D eigenvalue weighted by Crippen LogP contribution is 2.24. The summed E-state index contributed by atoms with van der Waals surface area (Å²) >= 11 is 0. The summed E-state index contributed by atoms with van der Waals surface area (Å²) < 4.78 is 15.0. The van der Waals surface area contributed by atoms with E-state index in [0.29, 0.717) is 36.3 Å². The molecule has 0 radical (unpaired) electrons. The second kappa shape index (κ2) is 12.6. The van der Waals surface area contributed by atoms with Crippen molar-refractivity contribution in [3.05, 3.63) is 72.1 Å². The molecule has 0 saturated heterocycles. The molecule has 0 aliphatic heterocycles.